The van der Waals surface area contributed by atoms with Crippen molar-refractivity contribution in [2.45, 2.75) is 6.92 Å². The highest BCUT2D eigenvalue weighted by molar-refractivity contribution is 9.10. The van der Waals surface area contributed by atoms with Gasteiger partial charge in [0.1, 0.15) is 6.07 Å². The molecule has 0 aliphatic heterocycles. The van der Waals surface area contributed by atoms with Crippen LogP contribution < -0.4 is 5.32 Å². The third-order valence-electron chi connectivity index (χ3n) is 2.52. The second-order valence-electron chi connectivity index (χ2n) is 3.74. The molecule has 17 heavy (non-hydrogen) atoms. The van der Waals surface area contributed by atoms with E-state index in [1.54, 1.807) is 6.07 Å². The molecule has 2 aromatic carbocycles. The summed E-state index contributed by atoms with van der Waals surface area (Å²) in [6.45, 7) is 2.03. The van der Waals surface area contributed by atoms with Crippen LogP contribution in [0.25, 0.3) is 0 Å². The minimum atomic E-state index is 0.627. The highest BCUT2D eigenvalue weighted by atomic mass is 79.9. The zero-order valence-corrected chi connectivity index (χ0v) is 11.0. The van der Waals surface area contributed by atoms with Crippen LogP contribution in [0.2, 0.25) is 0 Å². The molecule has 0 heterocycles. The summed E-state index contributed by atoms with van der Waals surface area (Å²) >= 11 is 3.36. The van der Waals surface area contributed by atoms with Crippen molar-refractivity contribution in [3.63, 3.8) is 0 Å². The largest absolute Gasteiger partial charge is 0.354 e. The predicted molar refractivity (Wildman–Crippen MR) is 73.3 cm³/mol. The van der Waals surface area contributed by atoms with Crippen molar-refractivity contribution in [1.29, 1.82) is 5.26 Å². The Kier molecular flexibility index (Phi) is 3.46. The Hall–Kier alpha value is -1.79. The van der Waals surface area contributed by atoms with Crippen molar-refractivity contribution in [2.24, 2.45) is 0 Å². The first-order valence-electron chi connectivity index (χ1n) is 5.23. The van der Waals surface area contributed by atoms with Gasteiger partial charge in [0.2, 0.25) is 0 Å². The van der Waals surface area contributed by atoms with E-state index >= 15 is 0 Å². The van der Waals surface area contributed by atoms with E-state index in [1.165, 1.54) is 0 Å². The van der Waals surface area contributed by atoms with E-state index in [9.17, 15) is 0 Å². The number of benzene rings is 2. The molecule has 1 N–H and O–H groups in total. The molecule has 0 aliphatic carbocycles. The average molecular weight is 287 g/mol. The molecule has 3 heteroatoms. The van der Waals surface area contributed by atoms with Crippen LogP contribution in [0, 0.1) is 18.3 Å². The van der Waals surface area contributed by atoms with Crippen LogP contribution in [0.15, 0.2) is 46.9 Å². The Morgan fingerprint density at radius 3 is 2.59 bits per heavy atom. The molecule has 2 aromatic rings. The Labute approximate surface area is 109 Å². The van der Waals surface area contributed by atoms with Crippen LogP contribution in [-0.2, 0) is 0 Å². The third kappa shape index (κ3) is 2.66. The van der Waals surface area contributed by atoms with Crippen LogP contribution in [0.4, 0.5) is 11.4 Å². The molecule has 2 nitrogen and oxygen atoms in total. The van der Waals surface area contributed by atoms with E-state index in [-0.39, 0.29) is 0 Å². The molecule has 84 valence electrons. The summed E-state index contributed by atoms with van der Waals surface area (Å²) in [6.07, 6.45) is 0. The molecule has 0 radical (unpaired) electrons. The van der Waals surface area contributed by atoms with Gasteiger partial charge in [-0.3, -0.25) is 0 Å². The molecule has 0 amide bonds. The van der Waals surface area contributed by atoms with Gasteiger partial charge in [-0.2, -0.15) is 5.26 Å². The number of rotatable bonds is 2. The molecule has 0 saturated carbocycles. The normalized spacial score (nSPS) is 9.71. The average Bonchev–Trinajstić information content (AvgIpc) is 2.34. The number of nitrogens with one attached hydrogen (secondary N) is 1. The molecule has 0 aliphatic rings. The van der Waals surface area contributed by atoms with Gasteiger partial charge in [0.25, 0.3) is 0 Å². The van der Waals surface area contributed by atoms with Gasteiger partial charge in [0.15, 0.2) is 0 Å². The lowest BCUT2D eigenvalue weighted by molar-refractivity contribution is 1.41. The van der Waals surface area contributed by atoms with Crippen molar-refractivity contribution in [3.8, 4) is 6.07 Å². The van der Waals surface area contributed by atoms with Crippen molar-refractivity contribution >= 4 is 27.3 Å². The quantitative estimate of drug-likeness (QED) is 0.890. The van der Waals surface area contributed by atoms with Gasteiger partial charge in [-0.15, -0.1) is 0 Å². The van der Waals surface area contributed by atoms with Gasteiger partial charge in [-0.05, 0) is 36.8 Å². The molecule has 0 spiro atoms. The van der Waals surface area contributed by atoms with E-state index in [4.69, 9.17) is 5.26 Å². The van der Waals surface area contributed by atoms with Crippen molar-refractivity contribution < 1.29 is 0 Å². The Morgan fingerprint density at radius 2 is 1.88 bits per heavy atom. The summed E-state index contributed by atoms with van der Waals surface area (Å²) in [5.41, 5.74) is 3.62. The fraction of sp³-hybridized carbons (Fsp3) is 0.0714. The molecular formula is C14H11BrN2. The summed E-state index contributed by atoms with van der Waals surface area (Å²) in [5, 5.41) is 12.4. The standard InChI is InChI=1S/C14H11BrN2/c1-10-4-2-3-5-13(10)17-14-7-6-12(15)8-11(14)9-16/h2-8,17H,1H3. The first kappa shape index (κ1) is 11.7. The summed E-state index contributed by atoms with van der Waals surface area (Å²) < 4.78 is 0.907. The van der Waals surface area contributed by atoms with E-state index in [1.807, 2.05) is 43.3 Å². The van der Waals surface area contributed by atoms with Gasteiger partial charge < -0.3 is 5.32 Å². The van der Waals surface area contributed by atoms with Gasteiger partial charge in [0, 0.05) is 10.2 Å². The van der Waals surface area contributed by atoms with Crippen LogP contribution >= 0.6 is 15.9 Å². The Balaban J connectivity index is 2.37. The van der Waals surface area contributed by atoms with Crippen LogP contribution in [0.1, 0.15) is 11.1 Å². The highest BCUT2D eigenvalue weighted by Crippen LogP contribution is 2.25. The molecule has 2 rings (SSSR count). The van der Waals surface area contributed by atoms with Crippen LogP contribution in [0.3, 0.4) is 0 Å². The molecule has 0 bridgehead atoms. The number of hydrogen-bond acceptors (Lipinski definition) is 2. The SMILES string of the molecule is Cc1ccccc1Nc1ccc(Br)cc1C#N. The minimum absolute atomic E-state index is 0.627. The Morgan fingerprint density at radius 1 is 1.12 bits per heavy atom. The minimum Gasteiger partial charge on any atom is -0.354 e. The summed E-state index contributed by atoms with van der Waals surface area (Å²) in [6, 6.07) is 15.8. The van der Waals surface area contributed by atoms with Gasteiger partial charge in [-0.25, -0.2) is 0 Å². The Bertz CT molecular complexity index is 585. The number of aryl methyl sites for hydroxylation is 1. The highest BCUT2D eigenvalue weighted by Gasteiger charge is 2.04. The van der Waals surface area contributed by atoms with Crippen molar-refractivity contribution in [1.82, 2.24) is 0 Å². The number of para-hydroxylation sites is 1. The van der Waals surface area contributed by atoms with Crippen molar-refractivity contribution in [2.75, 3.05) is 5.32 Å². The maximum absolute atomic E-state index is 9.08. The topological polar surface area (TPSA) is 35.8 Å². The zero-order valence-electron chi connectivity index (χ0n) is 9.37. The maximum atomic E-state index is 9.08. The van der Waals surface area contributed by atoms with Gasteiger partial charge in [0.05, 0.1) is 11.3 Å². The summed E-state index contributed by atoms with van der Waals surface area (Å²) in [7, 11) is 0. The van der Waals surface area contributed by atoms with Crippen LogP contribution in [-0.4, -0.2) is 0 Å². The van der Waals surface area contributed by atoms with E-state index in [2.05, 4.69) is 27.3 Å². The fourth-order valence-corrected chi connectivity index (χ4v) is 1.94. The second-order valence-corrected chi connectivity index (χ2v) is 4.66. The lowest BCUT2D eigenvalue weighted by Crippen LogP contribution is -1.95. The molecule has 0 unspecified atom stereocenters. The lowest BCUT2D eigenvalue weighted by atomic mass is 10.1. The molecular weight excluding hydrogens is 276 g/mol. The zero-order chi connectivity index (χ0) is 12.3. The maximum Gasteiger partial charge on any atom is 0.101 e. The number of anilines is 2. The van der Waals surface area contributed by atoms with E-state index in [0.29, 0.717) is 5.56 Å². The smallest absolute Gasteiger partial charge is 0.101 e. The third-order valence-corrected chi connectivity index (χ3v) is 3.01. The summed E-state index contributed by atoms with van der Waals surface area (Å²) in [5.74, 6) is 0. The number of nitrogens with zero attached hydrogens (tertiary/aromatic N) is 1. The number of halogens is 1. The lowest BCUT2D eigenvalue weighted by Gasteiger charge is -2.10. The fourth-order valence-electron chi connectivity index (χ4n) is 1.58. The van der Waals surface area contributed by atoms with Gasteiger partial charge >= 0.3 is 0 Å². The molecule has 0 atom stereocenters. The van der Waals surface area contributed by atoms with E-state index < -0.39 is 0 Å². The molecule has 0 fully saturated rings. The number of hydrogen-bond donors (Lipinski definition) is 1. The van der Waals surface area contributed by atoms with Gasteiger partial charge in [-0.1, -0.05) is 34.1 Å². The second kappa shape index (κ2) is 5.03. The van der Waals surface area contributed by atoms with E-state index in [0.717, 1.165) is 21.4 Å². The molecule has 0 aromatic heterocycles. The van der Waals surface area contributed by atoms with Crippen LogP contribution in [0.5, 0.6) is 0 Å². The first-order valence-corrected chi connectivity index (χ1v) is 6.02. The van der Waals surface area contributed by atoms with Crippen molar-refractivity contribution in [3.05, 3.63) is 58.1 Å². The molecule has 0 saturated heterocycles. The monoisotopic (exact) mass is 286 g/mol. The summed E-state index contributed by atoms with van der Waals surface area (Å²) in [4.78, 5) is 0. The number of nitriles is 1. The first-order chi connectivity index (χ1) is 8.20. The predicted octanol–water partition coefficient (Wildman–Crippen LogP) is 4.37.